The van der Waals surface area contributed by atoms with Gasteiger partial charge >= 0.3 is 0 Å². The van der Waals surface area contributed by atoms with Crippen LogP contribution in [0.2, 0.25) is 0 Å². The first-order valence-corrected chi connectivity index (χ1v) is 6.25. The second kappa shape index (κ2) is 4.14. The summed E-state index contributed by atoms with van der Waals surface area (Å²) >= 11 is 1.93. The van der Waals surface area contributed by atoms with E-state index in [2.05, 4.69) is 6.92 Å². The van der Waals surface area contributed by atoms with Gasteiger partial charge in [0, 0.05) is 10.8 Å². The molecule has 2 rings (SSSR count). The zero-order chi connectivity index (χ0) is 10.9. The highest BCUT2D eigenvalue weighted by Crippen LogP contribution is 2.45. The van der Waals surface area contributed by atoms with Gasteiger partial charge in [-0.15, -0.1) is 0 Å². The van der Waals surface area contributed by atoms with Gasteiger partial charge in [0.1, 0.15) is 5.82 Å². The second-order valence-electron chi connectivity index (χ2n) is 4.29. The molecule has 0 aromatic heterocycles. The van der Waals surface area contributed by atoms with Gasteiger partial charge in [0.2, 0.25) is 0 Å². The molecule has 0 bridgehead atoms. The second-order valence-corrected chi connectivity index (χ2v) is 5.92. The average Bonchev–Trinajstić information content (AvgIpc) is 2.67. The lowest BCUT2D eigenvalue weighted by atomic mass is 9.91. The monoisotopic (exact) mass is 225 g/mol. The van der Waals surface area contributed by atoms with Crippen LogP contribution in [0, 0.1) is 5.82 Å². The topological polar surface area (TPSA) is 26.0 Å². The van der Waals surface area contributed by atoms with Crippen LogP contribution in [0.15, 0.2) is 24.3 Å². The van der Waals surface area contributed by atoms with E-state index in [1.165, 1.54) is 24.3 Å². The molecule has 1 heterocycles. The molecule has 82 valence electrons. The van der Waals surface area contributed by atoms with Gasteiger partial charge in [-0.25, -0.2) is 4.39 Å². The number of nitrogens with two attached hydrogens (primary N) is 1. The molecule has 2 unspecified atom stereocenters. The van der Waals surface area contributed by atoms with Gasteiger partial charge in [-0.2, -0.15) is 11.8 Å². The molecule has 3 heteroatoms. The molecule has 1 aromatic carbocycles. The van der Waals surface area contributed by atoms with Crippen molar-refractivity contribution in [1.82, 2.24) is 0 Å². The highest BCUT2D eigenvalue weighted by atomic mass is 32.2. The van der Waals surface area contributed by atoms with Gasteiger partial charge in [0.15, 0.2) is 0 Å². The van der Waals surface area contributed by atoms with Crippen LogP contribution in [0.3, 0.4) is 0 Å². The summed E-state index contributed by atoms with van der Waals surface area (Å²) in [5.41, 5.74) is 7.28. The Balaban J connectivity index is 2.19. The summed E-state index contributed by atoms with van der Waals surface area (Å²) in [4.78, 5) is 0. The first-order valence-electron chi connectivity index (χ1n) is 5.27. The summed E-state index contributed by atoms with van der Waals surface area (Å²) in [7, 11) is 0. The highest BCUT2D eigenvalue weighted by Gasteiger charge is 2.36. The van der Waals surface area contributed by atoms with Crippen molar-refractivity contribution in [2.24, 2.45) is 5.73 Å². The van der Waals surface area contributed by atoms with Crippen LogP contribution in [0.5, 0.6) is 0 Å². The lowest BCUT2D eigenvalue weighted by Crippen LogP contribution is -2.33. The fraction of sp³-hybridized carbons (Fsp3) is 0.500. The van der Waals surface area contributed by atoms with Gasteiger partial charge in [-0.3, -0.25) is 0 Å². The number of hydrogen-bond acceptors (Lipinski definition) is 2. The number of hydrogen-bond donors (Lipinski definition) is 1. The molecule has 1 aromatic rings. The number of rotatable bonds is 2. The lowest BCUT2D eigenvalue weighted by Gasteiger charge is -2.30. The Labute approximate surface area is 94.2 Å². The molecule has 1 aliphatic rings. The molecule has 15 heavy (non-hydrogen) atoms. The minimum Gasteiger partial charge on any atom is -0.323 e. The fourth-order valence-corrected chi connectivity index (χ4v) is 3.43. The van der Waals surface area contributed by atoms with E-state index in [0.717, 1.165) is 12.0 Å². The van der Waals surface area contributed by atoms with Crippen molar-refractivity contribution in [3.05, 3.63) is 35.6 Å². The third kappa shape index (κ3) is 2.18. The van der Waals surface area contributed by atoms with Crippen molar-refractivity contribution < 1.29 is 4.39 Å². The zero-order valence-electron chi connectivity index (χ0n) is 8.87. The van der Waals surface area contributed by atoms with Crippen molar-refractivity contribution in [2.45, 2.75) is 30.6 Å². The minimum atomic E-state index is -0.199. The summed E-state index contributed by atoms with van der Waals surface area (Å²) in [5.74, 6) is 0.987. The molecule has 1 nitrogen and oxygen atoms in total. The van der Waals surface area contributed by atoms with Crippen LogP contribution >= 0.6 is 11.8 Å². The van der Waals surface area contributed by atoms with Crippen molar-refractivity contribution in [2.75, 3.05) is 5.75 Å². The maximum atomic E-state index is 12.8. The third-order valence-corrected chi connectivity index (χ3v) is 4.75. The molecule has 2 atom stereocenters. The Morgan fingerprint density at radius 2 is 2.07 bits per heavy atom. The van der Waals surface area contributed by atoms with Gasteiger partial charge in [0.05, 0.1) is 0 Å². The molecule has 1 fully saturated rings. The largest absolute Gasteiger partial charge is 0.323 e. The first-order chi connectivity index (χ1) is 7.12. The van der Waals surface area contributed by atoms with E-state index in [1.807, 2.05) is 11.8 Å². The maximum absolute atomic E-state index is 12.8. The predicted octanol–water partition coefficient (Wildman–Crippen LogP) is 3.11. The number of thioether (sulfide) groups is 1. The quantitative estimate of drug-likeness (QED) is 0.837. The van der Waals surface area contributed by atoms with Gasteiger partial charge in [-0.05, 0) is 43.2 Å². The molecule has 1 saturated heterocycles. The number of benzene rings is 1. The molecule has 0 radical (unpaired) electrons. The van der Waals surface area contributed by atoms with Crippen LogP contribution in [0.4, 0.5) is 4.39 Å². The van der Waals surface area contributed by atoms with Crippen molar-refractivity contribution in [1.29, 1.82) is 0 Å². The number of halogens is 1. The molecule has 0 aliphatic carbocycles. The van der Waals surface area contributed by atoms with Crippen LogP contribution in [0.1, 0.15) is 31.4 Å². The zero-order valence-corrected chi connectivity index (χ0v) is 9.69. The van der Waals surface area contributed by atoms with E-state index in [0.29, 0.717) is 0 Å². The highest BCUT2D eigenvalue weighted by molar-refractivity contribution is 8.00. The van der Waals surface area contributed by atoms with E-state index >= 15 is 0 Å². The Hall–Kier alpha value is -0.540. The van der Waals surface area contributed by atoms with Crippen LogP contribution in [-0.2, 0) is 0 Å². The molecule has 0 amide bonds. The maximum Gasteiger partial charge on any atom is 0.123 e. The molecule has 1 aliphatic heterocycles. The Bertz CT molecular complexity index is 330. The van der Waals surface area contributed by atoms with Crippen molar-refractivity contribution in [3.63, 3.8) is 0 Å². The van der Waals surface area contributed by atoms with E-state index in [4.69, 9.17) is 5.73 Å². The normalized spacial score (nSPS) is 27.9. The lowest BCUT2D eigenvalue weighted by molar-refractivity contribution is 0.501. The van der Waals surface area contributed by atoms with Crippen LogP contribution < -0.4 is 5.73 Å². The van der Waals surface area contributed by atoms with E-state index in [-0.39, 0.29) is 16.6 Å². The van der Waals surface area contributed by atoms with E-state index in [1.54, 1.807) is 12.1 Å². The van der Waals surface area contributed by atoms with Gasteiger partial charge in [0.25, 0.3) is 0 Å². The Morgan fingerprint density at radius 3 is 2.60 bits per heavy atom. The van der Waals surface area contributed by atoms with E-state index < -0.39 is 0 Å². The van der Waals surface area contributed by atoms with Gasteiger partial charge in [-0.1, -0.05) is 12.1 Å². The summed E-state index contributed by atoms with van der Waals surface area (Å²) in [5, 5.41) is 0. The smallest absolute Gasteiger partial charge is 0.123 e. The first kappa shape index (κ1) is 11.0. The van der Waals surface area contributed by atoms with Crippen molar-refractivity contribution >= 4 is 11.8 Å². The summed E-state index contributed by atoms with van der Waals surface area (Å²) in [6.07, 6.45) is 2.38. The van der Waals surface area contributed by atoms with Crippen molar-refractivity contribution in [3.8, 4) is 0 Å². The van der Waals surface area contributed by atoms with Gasteiger partial charge < -0.3 is 5.73 Å². The standard InChI is InChI=1S/C12H16FNS/c1-12(7-2-8-15-12)11(14)9-3-5-10(13)6-4-9/h3-6,11H,2,7-8,14H2,1H3. The average molecular weight is 225 g/mol. The molecule has 0 spiro atoms. The Kier molecular flexibility index (Phi) is 3.03. The summed E-state index contributed by atoms with van der Waals surface area (Å²) in [6.45, 7) is 2.21. The summed E-state index contributed by atoms with van der Waals surface area (Å²) in [6, 6.07) is 6.57. The molecular weight excluding hydrogens is 209 g/mol. The fourth-order valence-electron chi connectivity index (χ4n) is 2.07. The Morgan fingerprint density at radius 1 is 1.40 bits per heavy atom. The predicted molar refractivity (Wildman–Crippen MR) is 63.4 cm³/mol. The third-order valence-electron chi connectivity index (χ3n) is 3.14. The molecular formula is C12H16FNS. The molecule has 2 N–H and O–H groups in total. The SMILES string of the molecule is CC1(C(N)c2ccc(F)cc2)CCCS1. The summed E-state index contributed by atoms with van der Waals surface area (Å²) < 4.78 is 12.9. The minimum absolute atomic E-state index is 0.00519. The van der Waals surface area contributed by atoms with E-state index in [9.17, 15) is 4.39 Å². The van der Waals surface area contributed by atoms with Crippen LogP contribution in [-0.4, -0.2) is 10.5 Å². The molecule has 0 saturated carbocycles. The van der Waals surface area contributed by atoms with Crippen LogP contribution in [0.25, 0.3) is 0 Å².